The van der Waals surface area contributed by atoms with Crippen molar-refractivity contribution in [1.82, 2.24) is 15.3 Å². The summed E-state index contributed by atoms with van der Waals surface area (Å²) in [4.78, 5) is 8.29. The highest BCUT2D eigenvalue weighted by Crippen LogP contribution is 2.02. The van der Waals surface area contributed by atoms with E-state index in [9.17, 15) is 0 Å². The van der Waals surface area contributed by atoms with Crippen molar-refractivity contribution < 1.29 is 5.21 Å². The summed E-state index contributed by atoms with van der Waals surface area (Å²) in [6, 6.07) is 9.58. The summed E-state index contributed by atoms with van der Waals surface area (Å²) in [7, 11) is 0. The molecule has 20 heavy (non-hydrogen) atoms. The van der Waals surface area contributed by atoms with Crippen molar-refractivity contribution in [3.8, 4) is 0 Å². The molecule has 0 fully saturated rings. The third-order valence-corrected chi connectivity index (χ3v) is 2.81. The molecule has 0 aliphatic rings. The van der Waals surface area contributed by atoms with Gasteiger partial charge >= 0.3 is 0 Å². The number of hydrogen-bond donors (Lipinski definition) is 3. The molecule has 0 amide bonds. The number of nitrogens with zero attached hydrogens (tertiary/aromatic N) is 3. The van der Waals surface area contributed by atoms with E-state index in [1.165, 1.54) is 0 Å². The van der Waals surface area contributed by atoms with Crippen molar-refractivity contribution in [1.29, 1.82) is 0 Å². The van der Waals surface area contributed by atoms with E-state index in [4.69, 9.17) is 10.9 Å². The first kappa shape index (κ1) is 14.0. The molecule has 0 aromatic carbocycles. The molecule has 6 heteroatoms. The number of hydrogen-bond acceptors (Lipinski definition) is 5. The lowest BCUT2D eigenvalue weighted by atomic mass is 10.2. The van der Waals surface area contributed by atoms with Gasteiger partial charge in [-0.15, -0.1) is 0 Å². The third-order valence-electron chi connectivity index (χ3n) is 2.81. The van der Waals surface area contributed by atoms with Crippen molar-refractivity contribution in [2.45, 2.75) is 13.0 Å². The molecule has 0 aliphatic heterocycles. The lowest BCUT2D eigenvalue weighted by Gasteiger charge is -2.06. The van der Waals surface area contributed by atoms with Crippen molar-refractivity contribution in [2.24, 2.45) is 10.9 Å². The highest BCUT2D eigenvalue weighted by atomic mass is 16.4. The van der Waals surface area contributed by atoms with Gasteiger partial charge in [-0.1, -0.05) is 11.2 Å². The van der Waals surface area contributed by atoms with Gasteiger partial charge in [0.25, 0.3) is 0 Å². The van der Waals surface area contributed by atoms with E-state index >= 15 is 0 Å². The van der Waals surface area contributed by atoms with Gasteiger partial charge in [0.05, 0.1) is 0 Å². The summed E-state index contributed by atoms with van der Waals surface area (Å²) in [5, 5.41) is 14.9. The van der Waals surface area contributed by atoms with Crippen LogP contribution in [-0.2, 0) is 13.0 Å². The Labute approximate surface area is 117 Å². The molecule has 6 nitrogen and oxygen atoms in total. The van der Waals surface area contributed by atoms with Crippen LogP contribution in [0.3, 0.4) is 0 Å². The zero-order chi connectivity index (χ0) is 14.2. The van der Waals surface area contributed by atoms with Gasteiger partial charge in [0.15, 0.2) is 5.84 Å². The summed E-state index contributed by atoms with van der Waals surface area (Å²) < 4.78 is 0. The molecule has 104 valence electrons. The molecule has 0 saturated heterocycles. The average Bonchev–Trinajstić information content (AvgIpc) is 2.52. The van der Waals surface area contributed by atoms with Crippen molar-refractivity contribution >= 4 is 5.84 Å². The van der Waals surface area contributed by atoms with E-state index in [0.717, 1.165) is 24.2 Å². The van der Waals surface area contributed by atoms with Crippen LogP contribution < -0.4 is 11.1 Å². The molecule has 4 N–H and O–H groups in total. The molecule has 2 aromatic rings. The molecular weight excluding hydrogens is 254 g/mol. The molecule has 0 aliphatic carbocycles. The Morgan fingerprint density at radius 2 is 2.15 bits per heavy atom. The quantitative estimate of drug-likeness (QED) is 0.238. The fraction of sp³-hybridized carbons (Fsp3) is 0.214. The smallest absolute Gasteiger partial charge is 0.188 e. The fourth-order valence-corrected chi connectivity index (χ4v) is 1.77. The summed E-state index contributed by atoms with van der Waals surface area (Å²) in [5.41, 5.74) is 8.06. The number of rotatable bonds is 6. The van der Waals surface area contributed by atoms with Crippen molar-refractivity contribution in [3.63, 3.8) is 0 Å². The molecule has 0 atom stereocenters. The fourth-order valence-electron chi connectivity index (χ4n) is 1.77. The molecule has 2 rings (SSSR count). The van der Waals surface area contributed by atoms with Crippen LogP contribution in [0, 0.1) is 0 Å². The van der Waals surface area contributed by atoms with E-state index in [1.54, 1.807) is 18.5 Å². The Hall–Kier alpha value is -2.47. The number of pyridine rings is 2. The molecule has 2 aromatic heterocycles. The predicted molar refractivity (Wildman–Crippen MR) is 76.4 cm³/mol. The van der Waals surface area contributed by atoms with Crippen LogP contribution in [0.25, 0.3) is 0 Å². The number of aromatic nitrogens is 2. The molecule has 2 heterocycles. The maximum atomic E-state index is 8.62. The van der Waals surface area contributed by atoms with Crippen LogP contribution in [0.15, 0.2) is 47.9 Å². The number of oxime groups is 1. The van der Waals surface area contributed by atoms with Crippen molar-refractivity contribution in [3.05, 3.63) is 59.7 Å². The Balaban J connectivity index is 1.82. The van der Waals surface area contributed by atoms with Gasteiger partial charge in [0.2, 0.25) is 0 Å². The van der Waals surface area contributed by atoms with Crippen molar-refractivity contribution in [2.75, 3.05) is 6.54 Å². The Bertz CT molecular complexity index is 571. The van der Waals surface area contributed by atoms with Gasteiger partial charge in [0.1, 0.15) is 5.69 Å². The van der Waals surface area contributed by atoms with E-state index in [0.29, 0.717) is 12.2 Å². The number of amidine groups is 1. The van der Waals surface area contributed by atoms with Crippen LogP contribution >= 0.6 is 0 Å². The second-order valence-electron chi connectivity index (χ2n) is 4.28. The molecule has 0 saturated carbocycles. The van der Waals surface area contributed by atoms with Crippen LogP contribution in [0.5, 0.6) is 0 Å². The normalized spacial score (nSPS) is 11.5. The van der Waals surface area contributed by atoms with Gasteiger partial charge in [0, 0.05) is 37.6 Å². The third kappa shape index (κ3) is 4.03. The molecule has 0 bridgehead atoms. The van der Waals surface area contributed by atoms with Gasteiger partial charge in [-0.2, -0.15) is 0 Å². The number of nitrogens with one attached hydrogen (secondary N) is 1. The standard InChI is InChI=1S/C14H17N5O/c15-14(19-20)13-9-11(4-8-18-13)10-16-7-5-12-3-1-2-6-17-12/h1-4,6,8-9,16,20H,5,7,10H2,(H2,15,19). The lowest BCUT2D eigenvalue weighted by molar-refractivity contribution is 0.318. The largest absolute Gasteiger partial charge is 0.409 e. The van der Waals surface area contributed by atoms with Crippen LogP contribution in [0.1, 0.15) is 17.0 Å². The second-order valence-corrected chi connectivity index (χ2v) is 4.28. The summed E-state index contributed by atoms with van der Waals surface area (Å²) >= 11 is 0. The van der Waals surface area contributed by atoms with E-state index in [1.807, 2.05) is 24.3 Å². The van der Waals surface area contributed by atoms with Crippen LogP contribution in [0.4, 0.5) is 0 Å². The SMILES string of the molecule is NC(=NO)c1cc(CNCCc2ccccn2)ccn1. The van der Waals surface area contributed by atoms with Gasteiger partial charge < -0.3 is 16.3 Å². The summed E-state index contributed by atoms with van der Waals surface area (Å²) in [6.45, 7) is 1.53. The van der Waals surface area contributed by atoms with Gasteiger partial charge in [-0.3, -0.25) is 9.97 Å². The van der Waals surface area contributed by atoms with E-state index < -0.39 is 0 Å². The monoisotopic (exact) mass is 271 g/mol. The van der Waals surface area contributed by atoms with E-state index in [-0.39, 0.29) is 5.84 Å². The minimum atomic E-state index is 0.0142. The summed E-state index contributed by atoms with van der Waals surface area (Å²) in [5.74, 6) is 0.0142. The number of nitrogens with two attached hydrogens (primary N) is 1. The average molecular weight is 271 g/mol. The van der Waals surface area contributed by atoms with Gasteiger partial charge in [-0.05, 0) is 29.8 Å². The summed E-state index contributed by atoms with van der Waals surface area (Å²) in [6.07, 6.45) is 4.31. The highest BCUT2D eigenvalue weighted by Gasteiger charge is 2.02. The molecule has 0 radical (unpaired) electrons. The zero-order valence-electron chi connectivity index (χ0n) is 11.0. The molecule has 0 spiro atoms. The second kappa shape index (κ2) is 7.20. The lowest BCUT2D eigenvalue weighted by Crippen LogP contribution is -2.19. The maximum absolute atomic E-state index is 8.62. The van der Waals surface area contributed by atoms with E-state index in [2.05, 4.69) is 20.4 Å². The van der Waals surface area contributed by atoms with Crippen LogP contribution in [-0.4, -0.2) is 27.6 Å². The Kier molecular flexibility index (Phi) is 5.02. The van der Waals surface area contributed by atoms with Gasteiger partial charge in [-0.25, -0.2) is 0 Å². The maximum Gasteiger partial charge on any atom is 0.188 e. The Morgan fingerprint density at radius 3 is 2.90 bits per heavy atom. The zero-order valence-corrected chi connectivity index (χ0v) is 11.0. The Morgan fingerprint density at radius 1 is 1.25 bits per heavy atom. The topological polar surface area (TPSA) is 96.4 Å². The minimum Gasteiger partial charge on any atom is -0.409 e. The van der Waals surface area contributed by atoms with Crippen LogP contribution in [0.2, 0.25) is 0 Å². The minimum absolute atomic E-state index is 0.0142. The highest BCUT2D eigenvalue weighted by molar-refractivity contribution is 5.95. The first-order chi connectivity index (χ1) is 9.79. The predicted octanol–water partition coefficient (Wildman–Crippen LogP) is 0.903. The molecule has 0 unspecified atom stereocenters. The molecular formula is C14H17N5O. The first-order valence-electron chi connectivity index (χ1n) is 6.33. The first-order valence-corrected chi connectivity index (χ1v) is 6.33.